The van der Waals surface area contributed by atoms with E-state index in [1.54, 1.807) is 18.2 Å². The van der Waals surface area contributed by atoms with E-state index in [-0.39, 0.29) is 24.1 Å². The van der Waals surface area contributed by atoms with Gasteiger partial charge in [-0.2, -0.15) is 0 Å². The minimum absolute atomic E-state index is 0. The number of hydrogen-bond donors (Lipinski definition) is 2. The number of nitrogens with one attached hydrogen (secondary N) is 1. The summed E-state index contributed by atoms with van der Waals surface area (Å²) in [7, 11) is 0. The fourth-order valence-corrected chi connectivity index (χ4v) is 2.60. The van der Waals surface area contributed by atoms with Crippen molar-refractivity contribution in [1.29, 1.82) is 0 Å². The molecule has 0 saturated carbocycles. The SMILES string of the molecule is CCCOC(=O)C1(c2cccc(O)c2)CCNCC1.Cl. The van der Waals surface area contributed by atoms with Crippen molar-refractivity contribution < 1.29 is 14.6 Å². The predicted octanol–water partition coefficient (Wildman–Crippen LogP) is 2.39. The predicted molar refractivity (Wildman–Crippen MR) is 80.4 cm³/mol. The van der Waals surface area contributed by atoms with Crippen molar-refractivity contribution in [2.75, 3.05) is 19.7 Å². The van der Waals surface area contributed by atoms with Gasteiger partial charge in [0.15, 0.2) is 0 Å². The van der Waals surface area contributed by atoms with Crippen molar-refractivity contribution in [2.24, 2.45) is 0 Å². The Morgan fingerprint density at radius 3 is 2.70 bits per heavy atom. The number of esters is 1. The van der Waals surface area contributed by atoms with Crippen LogP contribution in [0.15, 0.2) is 24.3 Å². The van der Waals surface area contributed by atoms with Crippen LogP contribution in [0.3, 0.4) is 0 Å². The van der Waals surface area contributed by atoms with Crippen LogP contribution in [-0.2, 0) is 14.9 Å². The molecule has 0 radical (unpaired) electrons. The van der Waals surface area contributed by atoms with Gasteiger partial charge in [0.2, 0.25) is 0 Å². The van der Waals surface area contributed by atoms with Crippen LogP contribution >= 0.6 is 12.4 Å². The van der Waals surface area contributed by atoms with Gasteiger partial charge in [0.05, 0.1) is 12.0 Å². The molecule has 20 heavy (non-hydrogen) atoms. The van der Waals surface area contributed by atoms with Crippen molar-refractivity contribution in [3.05, 3.63) is 29.8 Å². The molecule has 0 atom stereocenters. The van der Waals surface area contributed by atoms with E-state index < -0.39 is 5.41 Å². The molecule has 1 fully saturated rings. The largest absolute Gasteiger partial charge is 0.508 e. The Morgan fingerprint density at radius 1 is 1.40 bits per heavy atom. The maximum absolute atomic E-state index is 12.5. The van der Waals surface area contributed by atoms with Crippen LogP contribution in [-0.4, -0.2) is 30.8 Å². The molecule has 0 unspecified atom stereocenters. The summed E-state index contributed by atoms with van der Waals surface area (Å²) in [5.41, 5.74) is 0.245. The van der Waals surface area contributed by atoms with Gasteiger partial charge in [0, 0.05) is 0 Å². The summed E-state index contributed by atoms with van der Waals surface area (Å²) in [4.78, 5) is 12.5. The maximum Gasteiger partial charge on any atom is 0.316 e. The molecule has 0 amide bonds. The summed E-state index contributed by atoms with van der Waals surface area (Å²) >= 11 is 0. The van der Waals surface area contributed by atoms with Crippen molar-refractivity contribution in [2.45, 2.75) is 31.6 Å². The molecule has 1 saturated heterocycles. The Balaban J connectivity index is 0.00000200. The fourth-order valence-electron chi connectivity index (χ4n) is 2.60. The zero-order valence-electron chi connectivity index (χ0n) is 11.7. The average Bonchev–Trinajstić information content (AvgIpc) is 2.45. The molecular weight excluding hydrogens is 278 g/mol. The minimum Gasteiger partial charge on any atom is -0.508 e. The number of phenols is 1. The Kier molecular flexibility index (Phi) is 6.30. The Bertz CT molecular complexity index is 444. The second-order valence-corrected chi connectivity index (χ2v) is 5.02. The van der Waals surface area contributed by atoms with Gasteiger partial charge in [-0.3, -0.25) is 4.79 Å². The van der Waals surface area contributed by atoms with E-state index in [9.17, 15) is 9.90 Å². The van der Waals surface area contributed by atoms with E-state index in [0.717, 1.165) is 25.1 Å². The molecule has 5 heteroatoms. The first-order valence-corrected chi connectivity index (χ1v) is 6.86. The van der Waals surface area contributed by atoms with E-state index in [4.69, 9.17) is 4.74 Å². The first-order chi connectivity index (χ1) is 9.19. The molecule has 0 aromatic heterocycles. The van der Waals surface area contributed by atoms with Gasteiger partial charge in [0.1, 0.15) is 5.75 Å². The lowest BCUT2D eigenvalue weighted by molar-refractivity contribution is -0.152. The average molecular weight is 300 g/mol. The highest BCUT2D eigenvalue weighted by Gasteiger charge is 2.42. The molecule has 1 aliphatic rings. The van der Waals surface area contributed by atoms with Gasteiger partial charge in [-0.05, 0) is 50.0 Å². The minimum atomic E-state index is -0.612. The molecule has 2 N–H and O–H groups in total. The van der Waals surface area contributed by atoms with Gasteiger partial charge in [-0.1, -0.05) is 19.1 Å². The maximum atomic E-state index is 12.5. The summed E-state index contributed by atoms with van der Waals surface area (Å²) in [5, 5.41) is 12.9. The third-order valence-electron chi connectivity index (χ3n) is 3.68. The smallest absolute Gasteiger partial charge is 0.316 e. The Labute approximate surface area is 125 Å². The van der Waals surface area contributed by atoms with Gasteiger partial charge < -0.3 is 15.2 Å². The lowest BCUT2D eigenvalue weighted by Crippen LogP contribution is -2.46. The second-order valence-electron chi connectivity index (χ2n) is 5.02. The summed E-state index contributed by atoms with van der Waals surface area (Å²) in [6, 6.07) is 6.98. The number of carbonyl (C=O) groups excluding carboxylic acids is 1. The van der Waals surface area contributed by atoms with Crippen molar-refractivity contribution >= 4 is 18.4 Å². The number of halogens is 1. The number of carbonyl (C=O) groups is 1. The molecule has 1 aromatic carbocycles. The summed E-state index contributed by atoms with van der Waals surface area (Å²) < 4.78 is 5.38. The van der Waals surface area contributed by atoms with E-state index >= 15 is 0 Å². The Hall–Kier alpha value is -1.26. The third-order valence-corrected chi connectivity index (χ3v) is 3.68. The first-order valence-electron chi connectivity index (χ1n) is 6.86. The topological polar surface area (TPSA) is 58.6 Å². The summed E-state index contributed by atoms with van der Waals surface area (Å²) in [6.45, 7) is 4.01. The first kappa shape index (κ1) is 16.8. The summed E-state index contributed by atoms with van der Waals surface area (Å²) in [5.74, 6) is 0.0279. The molecule has 112 valence electrons. The van der Waals surface area contributed by atoms with Gasteiger partial charge in [-0.15, -0.1) is 12.4 Å². The molecule has 0 aliphatic carbocycles. The number of rotatable bonds is 4. The highest BCUT2D eigenvalue weighted by molar-refractivity contribution is 5.85. The zero-order chi connectivity index (χ0) is 13.7. The third kappa shape index (κ3) is 3.44. The van der Waals surface area contributed by atoms with Crippen LogP contribution in [0.25, 0.3) is 0 Å². The molecule has 0 spiro atoms. The fraction of sp³-hybridized carbons (Fsp3) is 0.533. The van der Waals surface area contributed by atoms with Gasteiger partial charge in [-0.25, -0.2) is 0 Å². The van der Waals surface area contributed by atoms with E-state index in [1.807, 2.05) is 13.0 Å². The standard InChI is InChI=1S/C15H21NO3.ClH/c1-2-10-19-14(18)15(6-8-16-9-7-15)12-4-3-5-13(17)11-12;/h3-5,11,16-17H,2,6-10H2,1H3;1H. The molecule has 1 aliphatic heterocycles. The number of piperidine rings is 1. The number of benzene rings is 1. The molecule has 4 nitrogen and oxygen atoms in total. The quantitative estimate of drug-likeness (QED) is 0.838. The monoisotopic (exact) mass is 299 g/mol. The summed E-state index contributed by atoms with van der Waals surface area (Å²) in [6.07, 6.45) is 2.23. The van der Waals surface area contributed by atoms with E-state index in [1.165, 1.54) is 0 Å². The van der Waals surface area contributed by atoms with Crippen LogP contribution in [0.5, 0.6) is 5.75 Å². The number of hydrogen-bond acceptors (Lipinski definition) is 4. The lowest BCUT2D eigenvalue weighted by Gasteiger charge is -2.35. The normalized spacial score (nSPS) is 17.1. The molecule has 1 heterocycles. The number of ether oxygens (including phenoxy) is 1. The van der Waals surface area contributed by atoms with Gasteiger partial charge >= 0.3 is 5.97 Å². The van der Waals surface area contributed by atoms with Crippen molar-refractivity contribution in [1.82, 2.24) is 5.32 Å². The highest BCUT2D eigenvalue weighted by atomic mass is 35.5. The number of aromatic hydroxyl groups is 1. The van der Waals surface area contributed by atoms with Gasteiger partial charge in [0.25, 0.3) is 0 Å². The zero-order valence-corrected chi connectivity index (χ0v) is 12.5. The lowest BCUT2D eigenvalue weighted by atomic mass is 9.73. The molecular formula is C15H22ClNO3. The Morgan fingerprint density at radius 2 is 2.10 bits per heavy atom. The molecule has 2 rings (SSSR count). The van der Waals surface area contributed by atoms with Crippen LogP contribution in [0.1, 0.15) is 31.7 Å². The van der Waals surface area contributed by atoms with Crippen LogP contribution in [0, 0.1) is 0 Å². The molecule has 1 aromatic rings. The number of phenolic OH excluding ortho intramolecular Hbond substituents is 1. The van der Waals surface area contributed by atoms with Crippen LogP contribution < -0.4 is 5.32 Å². The van der Waals surface area contributed by atoms with Crippen molar-refractivity contribution in [3.63, 3.8) is 0 Å². The second kappa shape index (κ2) is 7.50. The van der Waals surface area contributed by atoms with Crippen LogP contribution in [0.2, 0.25) is 0 Å². The molecule has 0 bridgehead atoms. The van der Waals surface area contributed by atoms with E-state index in [0.29, 0.717) is 19.4 Å². The highest BCUT2D eigenvalue weighted by Crippen LogP contribution is 2.36. The van der Waals surface area contributed by atoms with E-state index in [2.05, 4.69) is 5.32 Å². The van der Waals surface area contributed by atoms with Crippen molar-refractivity contribution in [3.8, 4) is 5.75 Å². The van der Waals surface area contributed by atoms with Crippen LogP contribution in [0.4, 0.5) is 0 Å².